The molecule has 0 radical (unpaired) electrons. The lowest BCUT2D eigenvalue weighted by atomic mass is 10.3. The smallest absolute Gasteiger partial charge is 0.280 e. The van der Waals surface area contributed by atoms with Gasteiger partial charge in [0, 0.05) is 19.3 Å². The number of rotatable bonds is 8. The molecule has 1 amide bonds. The van der Waals surface area contributed by atoms with Gasteiger partial charge in [0.15, 0.2) is 10.8 Å². The molecule has 0 unspecified atom stereocenters. The minimum Gasteiger partial charge on any atom is -0.497 e. The van der Waals surface area contributed by atoms with Gasteiger partial charge in [-0.3, -0.25) is 14.4 Å². The van der Waals surface area contributed by atoms with Crippen LogP contribution in [0.5, 0.6) is 5.75 Å². The van der Waals surface area contributed by atoms with Crippen LogP contribution in [0.4, 0.5) is 5.13 Å². The number of ether oxygens (including phenoxy) is 1. The largest absolute Gasteiger partial charge is 0.497 e. The average molecular weight is 388 g/mol. The van der Waals surface area contributed by atoms with Gasteiger partial charge < -0.3 is 9.64 Å². The Morgan fingerprint density at radius 2 is 2.07 bits per heavy atom. The Kier molecular flexibility index (Phi) is 6.08. The van der Waals surface area contributed by atoms with E-state index in [9.17, 15) is 4.79 Å². The monoisotopic (exact) mass is 387 g/mol. The van der Waals surface area contributed by atoms with Crippen LogP contribution in [0, 0.1) is 0 Å². The number of nitrogens with zero attached hydrogens (tertiary/aromatic N) is 5. The molecule has 27 heavy (non-hydrogen) atoms. The van der Waals surface area contributed by atoms with Crippen molar-refractivity contribution in [2.24, 2.45) is 0 Å². The van der Waals surface area contributed by atoms with E-state index >= 15 is 0 Å². The number of amides is 1. The highest BCUT2D eigenvalue weighted by Gasteiger charge is 2.23. The molecule has 0 bridgehead atoms. The van der Waals surface area contributed by atoms with E-state index in [1.807, 2.05) is 45.4 Å². The first-order chi connectivity index (χ1) is 13.0. The molecule has 7 nitrogen and oxygen atoms in total. The maximum Gasteiger partial charge on any atom is 0.280 e. The first-order valence-electron chi connectivity index (χ1n) is 8.96. The van der Waals surface area contributed by atoms with Crippen molar-refractivity contribution in [1.82, 2.24) is 19.7 Å². The summed E-state index contributed by atoms with van der Waals surface area (Å²) in [5, 5.41) is 5.06. The third kappa shape index (κ3) is 4.45. The number of thiazole rings is 1. The number of hydrogen-bond acceptors (Lipinski definition) is 6. The van der Waals surface area contributed by atoms with Crippen LogP contribution in [0.3, 0.4) is 0 Å². The molecule has 1 aromatic carbocycles. The van der Waals surface area contributed by atoms with Gasteiger partial charge in [0.2, 0.25) is 0 Å². The zero-order chi connectivity index (χ0) is 19.4. The van der Waals surface area contributed by atoms with Gasteiger partial charge in [-0.25, -0.2) is 4.98 Å². The Labute approximate surface area is 163 Å². The molecular formula is C19H25N5O2S. The molecular weight excluding hydrogens is 362 g/mol. The Hall–Kier alpha value is -2.45. The van der Waals surface area contributed by atoms with Gasteiger partial charge >= 0.3 is 0 Å². The van der Waals surface area contributed by atoms with Crippen LogP contribution in [0.1, 0.15) is 23.8 Å². The van der Waals surface area contributed by atoms with Gasteiger partial charge in [0.05, 0.1) is 17.3 Å². The number of aryl methyl sites for hydroxylation is 1. The van der Waals surface area contributed by atoms with Crippen LogP contribution in [0.2, 0.25) is 0 Å². The van der Waals surface area contributed by atoms with Crippen molar-refractivity contribution in [3.63, 3.8) is 0 Å². The second kappa shape index (κ2) is 8.49. The van der Waals surface area contributed by atoms with Crippen molar-refractivity contribution in [3.05, 3.63) is 36.2 Å². The summed E-state index contributed by atoms with van der Waals surface area (Å²) in [5.74, 6) is 0.664. The van der Waals surface area contributed by atoms with E-state index in [0.717, 1.165) is 35.5 Å². The molecule has 0 fully saturated rings. The number of carbonyl (C=O) groups excluding carboxylic acids is 1. The van der Waals surface area contributed by atoms with Crippen molar-refractivity contribution in [3.8, 4) is 5.75 Å². The second-order valence-electron chi connectivity index (χ2n) is 6.50. The number of benzene rings is 1. The number of methoxy groups -OCH3 is 1. The third-order valence-corrected chi connectivity index (χ3v) is 5.27. The summed E-state index contributed by atoms with van der Waals surface area (Å²) in [7, 11) is 5.70. The van der Waals surface area contributed by atoms with Crippen molar-refractivity contribution < 1.29 is 9.53 Å². The van der Waals surface area contributed by atoms with E-state index in [1.165, 1.54) is 11.3 Å². The topological polar surface area (TPSA) is 63.5 Å². The van der Waals surface area contributed by atoms with Crippen molar-refractivity contribution >= 4 is 32.6 Å². The normalized spacial score (nSPS) is 11.3. The van der Waals surface area contributed by atoms with Crippen LogP contribution >= 0.6 is 11.3 Å². The fourth-order valence-electron chi connectivity index (χ4n) is 2.75. The van der Waals surface area contributed by atoms with Gasteiger partial charge in [-0.05, 0) is 58.3 Å². The molecule has 0 aliphatic carbocycles. The molecule has 144 valence electrons. The number of aromatic nitrogens is 3. The zero-order valence-electron chi connectivity index (χ0n) is 16.2. The molecule has 0 aliphatic rings. The molecule has 2 heterocycles. The predicted molar refractivity (Wildman–Crippen MR) is 109 cm³/mol. The highest BCUT2D eigenvalue weighted by Crippen LogP contribution is 2.32. The van der Waals surface area contributed by atoms with Crippen LogP contribution < -0.4 is 9.64 Å². The Morgan fingerprint density at radius 3 is 2.74 bits per heavy atom. The Bertz CT molecular complexity index is 918. The van der Waals surface area contributed by atoms with Gasteiger partial charge in [0.1, 0.15) is 5.75 Å². The molecule has 0 saturated heterocycles. The van der Waals surface area contributed by atoms with Crippen molar-refractivity contribution in [2.45, 2.75) is 19.9 Å². The molecule has 2 aromatic heterocycles. The SMILES string of the molecule is CCn1ccc(C(=O)N(CCCN(C)C)c2nc3ccc(OC)cc3s2)n1. The van der Waals surface area contributed by atoms with Crippen molar-refractivity contribution in [1.29, 1.82) is 0 Å². The van der Waals surface area contributed by atoms with Gasteiger partial charge in [-0.2, -0.15) is 5.10 Å². The standard InChI is InChI=1S/C19H25N5O2S/c1-5-23-12-9-16(21-23)18(25)24(11-6-10-22(2)3)19-20-15-8-7-14(26-4)13-17(15)27-19/h7-9,12-13H,5-6,10-11H2,1-4H3. The summed E-state index contributed by atoms with van der Waals surface area (Å²) >= 11 is 1.50. The van der Waals surface area contributed by atoms with Crippen LogP contribution in [-0.4, -0.2) is 59.9 Å². The fourth-order valence-corrected chi connectivity index (χ4v) is 3.77. The molecule has 3 rings (SSSR count). The van der Waals surface area contributed by atoms with Crippen molar-refractivity contribution in [2.75, 3.05) is 39.2 Å². The summed E-state index contributed by atoms with van der Waals surface area (Å²) < 4.78 is 8.05. The van der Waals surface area contributed by atoms with E-state index in [4.69, 9.17) is 4.74 Å². The summed E-state index contributed by atoms with van der Waals surface area (Å²) in [6.07, 6.45) is 2.68. The Morgan fingerprint density at radius 1 is 1.26 bits per heavy atom. The quantitative estimate of drug-likeness (QED) is 0.594. The van der Waals surface area contributed by atoms with Crippen LogP contribution in [0.25, 0.3) is 10.2 Å². The summed E-state index contributed by atoms with van der Waals surface area (Å²) in [6.45, 7) is 4.21. The lowest BCUT2D eigenvalue weighted by Gasteiger charge is -2.20. The van der Waals surface area contributed by atoms with Gasteiger partial charge in [0.25, 0.3) is 5.91 Å². The number of hydrogen-bond donors (Lipinski definition) is 0. The molecule has 3 aromatic rings. The van der Waals surface area contributed by atoms with E-state index in [1.54, 1.807) is 22.8 Å². The van der Waals surface area contributed by atoms with E-state index in [2.05, 4.69) is 15.0 Å². The maximum atomic E-state index is 13.1. The highest BCUT2D eigenvalue weighted by molar-refractivity contribution is 7.22. The maximum absolute atomic E-state index is 13.1. The molecule has 0 saturated carbocycles. The molecule has 0 aliphatic heterocycles. The summed E-state index contributed by atoms with van der Waals surface area (Å²) in [6, 6.07) is 7.52. The van der Waals surface area contributed by atoms with Crippen LogP contribution in [-0.2, 0) is 6.54 Å². The molecule has 0 atom stereocenters. The first kappa shape index (κ1) is 19.3. The van der Waals surface area contributed by atoms with Gasteiger partial charge in [-0.1, -0.05) is 11.3 Å². The van der Waals surface area contributed by atoms with Gasteiger partial charge in [-0.15, -0.1) is 0 Å². The lowest BCUT2D eigenvalue weighted by Crippen LogP contribution is -2.33. The fraction of sp³-hybridized carbons (Fsp3) is 0.421. The van der Waals surface area contributed by atoms with E-state index in [-0.39, 0.29) is 5.91 Å². The minimum atomic E-state index is -0.119. The van der Waals surface area contributed by atoms with E-state index < -0.39 is 0 Å². The summed E-state index contributed by atoms with van der Waals surface area (Å²) in [5.41, 5.74) is 1.30. The highest BCUT2D eigenvalue weighted by atomic mass is 32.1. The predicted octanol–water partition coefficient (Wildman–Crippen LogP) is 3.12. The third-order valence-electron chi connectivity index (χ3n) is 4.23. The Balaban J connectivity index is 1.91. The van der Waals surface area contributed by atoms with E-state index in [0.29, 0.717) is 17.4 Å². The number of anilines is 1. The number of fused-ring (bicyclic) bond motifs is 1. The first-order valence-corrected chi connectivity index (χ1v) is 9.78. The van der Waals surface area contributed by atoms with Crippen LogP contribution in [0.15, 0.2) is 30.5 Å². The lowest BCUT2D eigenvalue weighted by molar-refractivity contribution is 0.0980. The summed E-state index contributed by atoms with van der Waals surface area (Å²) in [4.78, 5) is 21.7. The molecule has 0 N–H and O–H groups in total. The number of carbonyl (C=O) groups is 1. The molecule has 0 spiro atoms. The second-order valence-corrected chi connectivity index (χ2v) is 7.51. The average Bonchev–Trinajstić information content (AvgIpc) is 3.30. The minimum absolute atomic E-state index is 0.119. The zero-order valence-corrected chi connectivity index (χ0v) is 17.0. The molecule has 8 heteroatoms.